The lowest BCUT2D eigenvalue weighted by atomic mass is 10.1. The molecular formula is C17H15F3N2S. The molecule has 0 aliphatic heterocycles. The van der Waals surface area contributed by atoms with E-state index in [1.165, 1.54) is 17.4 Å². The topological polar surface area (TPSA) is 25.8 Å². The van der Waals surface area contributed by atoms with E-state index in [0.717, 1.165) is 22.7 Å². The Labute approximate surface area is 136 Å². The molecule has 0 saturated carbocycles. The third-order valence-electron chi connectivity index (χ3n) is 2.92. The smallest absolute Gasteiger partial charge is 0.265 e. The minimum Gasteiger partial charge on any atom is -0.265 e. The third kappa shape index (κ3) is 4.16. The molecule has 0 N–H and O–H groups in total. The number of aromatic nitrogens is 2. The predicted molar refractivity (Wildman–Crippen MR) is 87.1 cm³/mol. The van der Waals surface area contributed by atoms with Gasteiger partial charge in [-0.3, -0.25) is 4.98 Å². The van der Waals surface area contributed by atoms with E-state index < -0.39 is 11.7 Å². The van der Waals surface area contributed by atoms with Crippen molar-refractivity contribution in [3.8, 4) is 21.8 Å². The van der Waals surface area contributed by atoms with Gasteiger partial charge in [0.2, 0.25) is 0 Å². The molecular weight excluding hydrogens is 321 g/mol. The van der Waals surface area contributed by atoms with E-state index in [0.29, 0.717) is 11.3 Å². The maximum atomic E-state index is 12.7. The van der Waals surface area contributed by atoms with Crippen LogP contribution >= 0.6 is 11.3 Å². The average molecular weight is 336 g/mol. The van der Waals surface area contributed by atoms with Crippen LogP contribution in [0, 0.1) is 0 Å². The third-order valence-corrected chi connectivity index (χ3v) is 3.81. The summed E-state index contributed by atoms with van der Waals surface area (Å²) in [5, 5.41) is 2.51. The van der Waals surface area contributed by atoms with Gasteiger partial charge in [-0.25, -0.2) is 4.98 Å². The predicted octanol–water partition coefficient (Wildman–Crippen LogP) is 5.92. The molecule has 0 fully saturated rings. The first-order valence-electron chi connectivity index (χ1n) is 7.07. The van der Waals surface area contributed by atoms with E-state index in [9.17, 15) is 13.2 Å². The molecule has 2 heterocycles. The van der Waals surface area contributed by atoms with Crippen molar-refractivity contribution in [1.82, 2.24) is 9.97 Å². The minimum absolute atomic E-state index is 0.460. The largest absolute Gasteiger partial charge is 0.416 e. The number of thiazole rings is 1. The van der Waals surface area contributed by atoms with Gasteiger partial charge < -0.3 is 0 Å². The molecule has 23 heavy (non-hydrogen) atoms. The molecule has 6 heteroatoms. The lowest BCUT2D eigenvalue weighted by Gasteiger charge is -2.07. The molecule has 0 radical (unpaired) electrons. The SMILES string of the molecule is CC.FC(F)(F)c1cccc(-c2csc(-c3ccncc3)n2)c1. The fraction of sp³-hybridized carbons (Fsp3) is 0.176. The van der Waals surface area contributed by atoms with E-state index >= 15 is 0 Å². The van der Waals surface area contributed by atoms with Crippen LogP contribution in [0.5, 0.6) is 0 Å². The molecule has 3 rings (SSSR count). The summed E-state index contributed by atoms with van der Waals surface area (Å²) >= 11 is 1.39. The highest BCUT2D eigenvalue weighted by Crippen LogP contribution is 2.33. The first kappa shape index (κ1) is 17.1. The molecule has 0 amide bonds. The normalized spacial score (nSPS) is 10.8. The number of hydrogen-bond donors (Lipinski definition) is 0. The molecule has 0 unspecified atom stereocenters. The Morgan fingerprint density at radius 2 is 1.65 bits per heavy atom. The number of benzene rings is 1. The van der Waals surface area contributed by atoms with Gasteiger partial charge in [0.15, 0.2) is 0 Å². The van der Waals surface area contributed by atoms with Gasteiger partial charge in [-0.1, -0.05) is 26.0 Å². The summed E-state index contributed by atoms with van der Waals surface area (Å²) in [5.41, 5.74) is 1.23. The monoisotopic (exact) mass is 336 g/mol. The van der Waals surface area contributed by atoms with Gasteiger partial charge in [-0.2, -0.15) is 13.2 Å². The number of alkyl halides is 3. The standard InChI is InChI=1S/C15H9F3N2S.C2H6/c16-15(17,18)12-3-1-2-11(8-12)13-9-21-14(20-13)10-4-6-19-7-5-10;1-2/h1-9H;1-2H3. The van der Waals surface area contributed by atoms with Crippen LogP contribution in [0.1, 0.15) is 19.4 Å². The van der Waals surface area contributed by atoms with Crippen LogP contribution in [-0.4, -0.2) is 9.97 Å². The van der Waals surface area contributed by atoms with Crippen LogP contribution in [0.4, 0.5) is 13.2 Å². The zero-order valence-electron chi connectivity index (χ0n) is 12.6. The molecule has 3 aromatic rings. The van der Waals surface area contributed by atoms with E-state index in [1.54, 1.807) is 23.8 Å². The van der Waals surface area contributed by atoms with Crippen molar-refractivity contribution in [2.75, 3.05) is 0 Å². The Bertz CT molecular complexity index is 752. The Balaban J connectivity index is 0.000000924. The van der Waals surface area contributed by atoms with Crippen LogP contribution in [0.2, 0.25) is 0 Å². The molecule has 0 aliphatic carbocycles. The van der Waals surface area contributed by atoms with Crippen LogP contribution in [0.15, 0.2) is 54.2 Å². The molecule has 2 nitrogen and oxygen atoms in total. The minimum atomic E-state index is -4.35. The highest BCUT2D eigenvalue weighted by molar-refractivity contribution is 7.13. The first-order chi connectivity index (χ1) is 11.0. The number of halogens is 3. The molecule has 0 atom stereocenters. The first-order valence-corrected chi connectivity index (χ1v) is 7.95. The van der Waals surface area contributed by atoms with Gasteiger partial charge in [0.05, 0.1) is 11.3 Å². The van der Waals surface area contributed by atoms with Gasteiger partial charge in [0.25, 0.3) is 0 Å². The summed E-state index contributed by atoms with van der Waals surface area (Å²) in [4.78, 5) is 8.32. The second-order valence-electron chi connectivity index (χ2n) is 4.35. The fourth-order valence-corrected chi connectivity index (χ4v) is 2.72. The molecule has 120 valence electrons. The molecule has 0 bridgehead atoms. The van der Waals surface area contributed by atoms with Crippen molar-refractivity contribution >= 4 is 11.3 Å². The van der Waals surface area contributed by atoms with Gasteiger partial charge in [0, 0.05) is 28.9 Å². The number of nitrogens with zero attached hydrogens (tertiary/aromatic N) is 2. The highest BCUT2D eigenvalue weighted by Gasteiger charge is 2.30. The van der Waals surface area contributed by atoms with Crippen molar-refractivity contribution < 1.29 is 13.2 Å². The Hall–Kier alpha value is -2.21. The molecule has 1 aromatic carbocycles. The van der Waals surface area contributed by atoms with E-state index in [4.69, 9.17) is 0 Å². The summed E-state index contributed by atoms with van der Waals surface area (Å²) in [6.07, 6.45) is -1.04. The quantitative estimate of drug-likeness (QED) is 0.581. The van der Waals surface area contributed by atoms with Crippen molar-refractivity contribution in [2.45, 2.75) is 20.0 Å². The van der Waals surface area contributed by atoms with E-state index in [2.05, 4.69) is 9.97 Å². The molecule has 0 aliphatic rings. The Morgan fingerprint density at radius 3 is 2.30 bits per heavy atom. The summed E-state index contributed by atoms with van der Waals surface area (Å²) < 4.78 is 38.2. The van der Waals surface area contributed by atoms with Crippen LogP contribution in [0.25, 0.3) is 21.8 Å². The maximum Gasteiger partial charge on any atom is 0.416 e. The van der Waals surface area contributed by atoms with Gasteiger partial charge in [-0.15, -0.1) is 11.3 Å². The lowest BCUT2D eigenvalue weighted by molar-refractivity contribution is -0.137. The summed E-state index contributed by atoms with van der Waals surface area (Å²) in [6.45, 7) is 4.00. The fourth-order valence-electron chi connectivity index (χ4n) is 1.89. The maximum absolute atomic E-state index is 12.7. The molecule has 0 saturated heterocycles. The molecule has 0 spiro atoms. The average Bonchev–Trinajstić information content (AvgIpc) is 3.07. The number of hydrogen-bond acceptors (Lipinski definition) is 3. The van der Waals surface area contributed by atoms with Gasteiger partial charge in [0.1, 0.15) is 5.01 Å². The zero-order valence-corrected chi connectivity index (χ0v) is 13.4. The summed E-state index contributed by atoms with van der Waals surface area (Å²) in [6, 6.07) is 8.82. The van der Waals surface area contributed by atoms with Gasteiger partial charge >= 0.3 is 6.18 Å². The van der Waals surface area contributed by atoms with Crippen LogP contribution in [0.3, 0.4) is 0 Å². The Kier molecular flexibility index (Phi) is 5.50. The van der Waals surface area contributed by atoms with E-state index in [-0.39, 0.29) is 0 Å². The highest BCUT2D eigenvalue weighted by atomic mass is 32.1. The van der Waals surface area contributed by atoms with Crippen molar-refractivity contribution in [1.29, 1.82) is 0 Å². The number of pyridine rings is 1. The second-order valence-corrected chi connectivity index (χ2v) is 5.21. The van der Waals surface area contributed by atoms with Crippen molar-refractivity contribution in [3.63, 3.8) is 0 Å². The zero-order chi connectivity index (χ0) is 16.9. The second kappa shape index (κ2) is 7.37. The van der Waals surface area contributed by atoms with Crippen LogP contribution in [-0.2, 0) is 6.18 Å². The lowest BCUT2D eigenvalue weighted by Crippen LogP contribution is -2.04. The molecule has 2 aromatic heterocycles. The Morgan fingerprint density at radius 1 is 0.957 bits per heavy atom. The van der Waals surface area contributed by atoms with E-state index in [1.807, 2.05) is 26.0 Å². The number of rotatable bonds is 2. The van der Waals surface area contributed by atoms with Gasteiger partial charge in [-0.05, 0) is 24.3 Å². The van der Waals surface area contributed by atoms with Crippen LogP contribution < -0.4 is 0 Å². The summed E-state index contributed by atoms with van der Waals surface area (Å²) in [5.74, 6) is 0. The summed E-state index contributed by atoms with van der Waals surface area (Å²) in [7, 11) is 0. The van der Waals surface area contributed by atoms with Crippen molar-refractivity contribution in [2.24, 2.45) is 0 Å². The van der Waals surface area contributed by atoms with Crippen molar-refractivity contribution in [3.05, 3.63) is 59.7 Å².